The van der Waals surface area contributed by atoms with Crippen molar-refractivity contribution < 1.29 is 9.53 Å². The van der Waals surface area contributed by atoms with Gasteiger partial charge in [-0.1, -0.05) is 52.7 Å². The van der Waals surface area contributed by atoms with Crippen LogP contribution in [0.15, 0.2) is 70.9 Å². The Balaban J connectivity index is 2.33. The number of carbonyl (C=O) groups is 1. The van der Waals surface area contributed by atoms with Crippen molar-refractivity contribution in [2.24, 2.45) is 0 Å². The molecule has 0 atom stereocenters. The second kappa shape index (κ2) is 14.9. The second-order valence-corrected chi connectivity index (χ2v) is 8.57. The molecule has 0 aliphatic rings. The number of hydrogen-bond acceptors (Lipinski definition) is 2. The van der Waals surface area contributed by atoms with E-state index in [4.69, 9.17) is 4.74 Å². The zero-order chi connectivity index (χ0) is 22.4. The summed E-state index contributed by atoms with van der Waals surface area (Å²) >= 11 is 3.90. The van der Waals surface area contributed by atoms with E-state index in [9.17, 15) is 4.79 Å². The molecule has 0 saturated carbocycles. The Morgan fingerprint density at radius 1 is 0.800 bits per heavy atom. The van der Waals surface area contributed by atoms with E-state index in [0.29, 0.717) is 17.9 Å². The highest BCUT2D eigenvalue weighted by Crippen LogP contribution is 2.20. The minimum Gasteiger partial charge on any atom is -0.489 e. The fourth-order valence-corrected chi connectivity index (χ4v) is 3.21. The van der Waals surface area contributed by atoms with Crippen LogP contribution in [0.3, 0.4) is 0 Å². The van der Waals surface area contributed by atoms with Gasteiger partial charge in [0, 0.05) is 0 Å². The molecule has 0 saturated heterocycles. The number of carbonyl (C=O) groups excluding carboxylic acids is 1. The van der Waals surface area contributed by atoms with Crippen LogP contribution >= 0.6 is 12.6 Å². The third-order valence-corrected chi connectivity index (χ3v) is 5.18. The first kappa shape index (κ1) is 26.0. The van der Waals surface area contributed by atoms with Gasteiger partial charge in [0.1, 0.15) is 12.4 Å². The van der Waals surface area contributed by atoms with Gasteiger partial charge >= 0.3 is 0 Å². The van der Waals surface area contributed by atoms with E-state index in [1.165, 1.54) is 22.3 Å². The fraction of sp³-hybridized carbons (Fsp3) is 0.444. The predicted octanol–water partition coefficient (Wildman–Crippen LogP) is 8.28. The molecule has 0 heterocycles. The Hall–Kier alpha value is -2.00. The molecule has 0 fully saturated rings. The van der Waals surface area contributed by atoms with Crippen LogP contribution < -0.4 is 4.74 Å². The molecule has 0 aliphatic heterocycles. The van der Waals surface area contributed by atoms with E-state index < -0.39 is 0 Å². The largest absolute Gasteiger partial charge is 0.489 e. The number of para-hydroxylation sites is 1. The third-order valence-electron chi connectivity index (χ3n) is 4.94. The zero-order valence-electron chi connectivity index (χ0n) is 19.3. The van der Waals surface area contributed by atoms with E-state index in [1.807, 2.05) is 12.1 Å². The van der Waals surface area contributed by atoms with Crippen molar-refractivity contribution in [2.75, 3.05) is 6.61 Å². The van der Waals surface area contributed by atoms with Crippen molar-refractivity contribution in [1.82, 2.24) is 0 Å². The van der Waals surface area contributed by atoms with Gasteiger partial charge in [-0.3, -0.25) is 4.79 Å². The molecule has 0 radical (unpaired) electrons. The van der Waals surface area contributed by atoms with Gasteiger partial charge in [-0.2, -0.15) is 0 Å². The maximum absolute atomic E-state index is 11.5. The van der Waals surface area contributed by atoms with E-state index in [0.717, 1.165) is 38.5 Å². The molecule has 0 aromatic heterocycles. The van der Waals surface area contributed by atoms with Gasteiger partial charge in [-0.15, -0.1) is 12.6 Å². The Kier molecular flexibility index (Phi) is 12.9. The van der Waals surface area contributed by atoms with Gasteiger partial charge in [0.05, 0.1) is 5.56 Å². The molecule has 2 nitrogen and oxygen atoms in total. The number of ether oxygens (including phenoxy) is 1. The van der Waals surface area contributed by atoms with Crippen molar-refractivity contribution in [3.05, 3.63) is 76.4 Å². The monoisotopic (exact) mass is 426 g/mol. The lowest BCUT2D eigenvalue weighted by Crippen LogP contribution is -2.00. The SMILES string of the molecule is CC(C)=CCCC(C)=CCCC(C)=CCCC(C)=CCOc1ccccc1C(=O)S. The van der Waals surface area contributed by atoms with Crippen LogP contribution in [-0.2, 0) is 0 Å². The van der Waals surface area contributed by atoms with E-state index in [1.54, 1.807) is 12.1 Å². The summed E-state index contributed by atoms with van der Waals surface area (Å²) in [4.78, 5) is 11.5. The molecule has 164 valence electrons. The van der Waals surface area contributed by atoms with Crippen LogP contribution in [0.1, 0.15) is 83.5 Å². The summed E-state index contributed by atoms with van der Waals surface area (Å²) in [7, 11) is 0. The van der Waals surface area contributed by atoms with Crippen molar-refractivity contribution in [2.45, 2.75) is 73.1 Å². The molecule has 1 rings (SSSR count). The van der Waals surface area contributed by atoms with Gasteiger partial charge in [-0.05, 0) is 91.4 Å². The van der Waals surface area contributed by atoms with Gasteiger partial charge < -0.3 is 4.74 Å². The lowest BCUT2D eigenvalue weighted by atomic mass is 10.0. The van der Waals surface area contributed by atoms with Crippen molar-refractivity contribution in [1.29, 1.82) is 0 Å². The van der Waals surface area contributed by atoms with Crippen LogP contribution in [0, 0.1) is 0 Å². The molecule has 0 amide bonds. The van der Waals surface area contributed by atoms with E-state index >= 15 is 0 Å². The summed E-state index contributed by atoms with van der Waals surface area (Å²) in [6.07, 6.45) is 15.7. The maximum Gasteiger partial charge on any atom is 0.220 e. The molecule has 30 heavy (non-hydrogen) atoms. The Bertz CT molecular complexity index is 793. The molecule has 0 spiro atoms. The second-order valence-electron chi connectivity index (χ2n) is 8.16. The molecule has 0 N–H and O–H groups in total. The lowest BCUT2D eigenvalue weighted by Gasteiger charge is -2.08. The summed E-state index contributed by atoms with van der Waals surface area (Å²) < 4.78 is 5.74. The quantitative estimate of drug-likeness (QED) is 0.254. The first-order valence-electron chi connectivity index (χ1n) is 10.8. The molecular formula is C27H38O2S. The molecule has 0 aliphatic carbocycles. The third kappa shape index (κ3) is 11.9. The zero-order valence-corrected chi connectivity index (χ0v) is 20.2. The van der Waals surface area contributed by atoms with E-state index in [2.05, 4.69) is 71.6 Å². The number of allylic oxidation sites excluding steroid dienone is 7. The number of thiol groups is 1. The molecule has 0 unspecified atom stereocenters. The summed E-state index contributed by atoms with van der Waals surface area (Å²) in [5.41, 5.74) is 6.14. The lowest BCUT2D eigenvalue weighted by molar-refractivity contribution is 0.108. The van der Waals surface area contributed by atoms with Crippen molar-refractivity contribution in [3.63, 3.8) is 0 Å². The Labute approximate surface area is 189 Å². The number of benzene rings is 1. The predicted molar refractivity (Wildman–Crippen MR) is 134 cm³/mol. The molecule has 1 aromatic rings. The van der Waals surface area contributed by atoms with Crippen LogP contribution in [0.25, 0.3) is 0 Å². The first-order valence-corrected chi connectivity index (χ1v) is 11.3. The smallest absolute Gasteiger partial charge is 0.220 e. The molecule has 3 heteroatoms. The highest BCUT2D eigenvalue weighted by Gasteiger charge is 2.07. The standard InChI is InChI=1S/C27H38O2S/c1-21(2)11-8-12-22(3)13-9-14-23(4)15-10-16-24(5)19-20-29-26-18-7-6-17-25(26)27(28)30/h6-7,11,13,15,17-19H,8-10,12,14,16,20H2,1-5H3,(H,28,30). The summed E-state index contributed by atoms with van der Waals surface area (Å²) in [5, 5.41) is -0.273. The molecular weight excluding hydrogens is 388 g/mol. The van der Waals surface area contributed by atoms with Gasteiger partial charge in [-0.25, -0.2) is 0 Å². The van der Waals surface area contributed by atoms with Crippen molar-refractivity contribution >= 4 is 17.7 Å². The Morgan fingerprint density at radius 3 is 1.83 bits per heavy atom. The van der Waals surface area contributed by atoms with E-state index in [-0.39, 0.29) is 5.12 Å². The van der Waals surface area contributed by atoms with Crippen molar-refractivity contribution in [3.8, 4) is 5.75 Å². The highest BCUT2D eigenvalue weighted by atomic mass is 32.1. The van der Waals surface area contributed by atoms with Crippen LogP contribution in [-0.4, -0.2) is 11.7 Å². The normalized spacial score (nSPS) is 12.7. The minimum atomic E-state index is -0.273. The summed E-state index contributed by atoms with van der Waals surface area (Å²) in [6.45, 7) is 11.4. The minimum absolute atomic E-state index is 0.273. The van der Waals surface area contributed by atoms with Gasteiger partial charge in [0.25, 0.3) is 0 Å². The topological polar surface area (TPSA) is 26.3 Å². The number of rotatable bonds is 13. The molecule has 1 aromatic carbocycles. The molecule has 0 bridgehead atoms. The number of hydrogen-bond donors (Lipinski definition) is 1. The van der Waals surface area contributed by atoms with Crippen LogP contribution in [0.5, 0.6) is 5.75 Å². The first-order chi connectivity index (χ1) is 14.3. The maximum atomic E-state index is 11.5. The van der Waals surface area contributed by atoms with Crippen LogP contribution in [0.2, 0.25) is 0 Å². The Morgan fingerprint density at radius 2 is 1.30 bits per heavy atom. The van der Waals surface area contributed by atoms with Gasteiger partial charge in [0.2, 0.25) is 5.12 Å². The average molecular weight is 427 g/mol. The fourth-order valence-electron chi connectivity index (χ4n) is 3.03. The average Bonchev–Trinajstić information content (AvgIpc) is 2.68. The highest BCUT2D eigenvalue weighted by molar-refractivity contribution is 7.97. The summed E-state index contributed by atoms with van der Waals surface area (Å²) in [5.74, 6) is 0.585. The van der Waals surface area contributed by atoms with Crippen LogP contribution in [0.4, 0.5) is 0 Å². The summed E-state index contributed by atoms with van der Waals surface area (Å²) in [6, 6.07) is 7.21. The van der Waals surface area contributed by atoms with Gasteiger partial charge in [0.15, 0.2) is 0 Å².